The van der Waals surface area contributed by atoms with E-state index in [9.17, 15) is 5.11 Å². The minimum Gasteiger partial charge on any atom is -0.508 e. The first-order chi connectivity index (χ1) is 13.1. The number of halogens is 1. The second kappa shape index (κ2) is 7.75. The maximum atomic E-state index is 10.1. The van der Waals surface area contributed by atoms with E-state index in [1.807, 2.05) is 12.3 Å². The van der Waals surface area contributed by atoms with Gasteiger partial charge >= 0.3 is 0 Å². The molecule has 0 radical (unpaired) electrons. The molecule has 1 fully saturated rings. The number of likely N-dealkylation sites (tertiary alicyclic amines) is 1. The van der Waals surface area contributed by atoms with E-state index < -0.39 is 0 Å². The van der Waals surface area contributed by atoms with E-state index in [-0.39, 0.29) is 0 Å². The van der Waals surface area contributed by atoms with E-state index in [0.29, 0.717) is 23.2 Å². The van der Waals surface area contributed by atoms with Crippen LogP contribution in [0.25, 0.3) is 11.1 Å². The van der Waals surface area contributed by atoms with Gasteiger partial charge in [-0.05, 0) is 50.1 Å². The Kier molecular flexibility index (Phi) is 5.19. The minimum absolute atomic E-state index is 0.309. The number of phenolic OH excluding ortho intramolecular Hbond substituents is 1. The summed E-state index contributed by atoms with van der Waals surface area (Å²) in [6.07, 6.45) is 4.19. The number of nitrogens with one attached hydrogen (secondary N) is 1. The predicted octanol–water partition coefficient (Wildman–Crippen LogP) is 5.12. The lowest BCUT2D eigenvalue weighted by Gasteiger charge is -2.33. The van der Waals surface area contributed by atoms with Crippen LogP contribution in [0, 0.1) is 6.92 Å². The molecule has 2 aromatic carbocycles. The molecule has 2 N–H and O–H groups in total. The van der Waals surface area contributed by atoms with Gasteiger partial charge in [-0.3, -0.25) is 10.00 Å². The maximum Gasteiger partial charge on any atom is 0.120 e. The molecule has 0 spiro atoms. The van der Waals surface area contributed by atoms with E-state index in [4.69, 9.17) is 11.6 Å². The molecule has 0 bridgehead atoms. The summed E-state index contributed by atoms with van der Waals surface area (Å²) in [5.41, 5.74) is 5.74. The lowest BCUT2D eigenvalue weighted by atomic mass is 9.90. The normalized spacial score (nSPS) is 17.9. The van der Waals surface area contributed by atoms with Crippen LogP contribution < -0.4 is 0 Å². The van der Waals surface area contributed by atoms with Gasteiger partial charge in [-0.25, -0.2) is 0 Å². The highest BCUT2D eigenvalue weighted by atomic mass is 35.5. The number of aromatic amines is 1. The van der Waals surface area contributed by atoms with Crippen molar-refractivity contribution in [1.82, 2.24) is 15.1 Å². The number of hydrogen-bond donors (Lipinski definition) is 2. The molecule has 5 heteroatoms. The Balaban J connectivity index is 1.53. The maximum absolute atomic E-state index is 10.1. The summed E-state index contributed by atoms with van der Waals surface area (Å²) in [5.74, 6) is 0.710. The third-order valence-electron chi connectivity index (χ3n) is 5.38. The van der Waals surface area contributed by atoms with Crippen molar-refractivity contribution < 1.29 is 5.11 Å². The van der Waals surface area contributed by atoms with Crippen molar-refractivity contribution in [2.45, 2.75) is 32.2 Å². The molecule has 1 aromatic heterocycles. The fourth-order valence-electron chi connectivity index (χ4n) is 3.93. The fraction of sp³-hybridized carbons (Fsp3) is 0.318. The molecule has 4 nitrogen and oxygen atoms in total. The number of rotatable bonds is 4. The number of aromatic nitrogens is 2. The van der Waals surface area contributed by atoms with Crippen LogP contribution in [0.2, 0.25) is 5.02 Å². The van der Waals surface area contributed by atoms with Gasteiger partial charge in [-0.15, -0.1) is 0 Å². The van der Waals surface area contributed by atoms with Gasteiger partial charge in [0.05, 0.1) is 6.20 Å². The predicted molar refractivity (Wildman–Crippen MR) is 109 cm³/mol. The van der Waals surface area contributed by atoms with Gasteiger partial charge in [0.2, 0.25) is 0 Å². The van der Waals surface area contributed by atoms with Crippen molar-refractivity contribution in [3.05, 3.63) is 70.5 Å². The Labute approximate surface area is 164 Å². The van der Waals surface area contributed by atoms with Crippen LogP contribution in [0.3, 0.4) is 0 Å². The smallest absolute Gasteiger partial charge is 0.120 e. The molecule has 140 valence electrons. The molecule has 4 rings (SSSR count). The molecule has 0 saturated carbocycles. The largest absolute Gasteiger partial charge is 0.508 e. The highest BCUT2D eigenvalue weighted by molar-refractivity contribution is 6.30. The summed E-state index contributed by atoms with van der Waals surface area (Å²) in [6.45, 7) is 4.77. The van der Waals surface area contributed by atoms with Crippen molar-refractivity contribution in [2.75, 3.05) is 13.1 Å². The molecule has 0 unspecified atom stereocenters. The molecule has 27 heavy (non-hydrogen) atoms. The first kappa shape index (κ1) is 18.1. The molecule has 0 amide bonds. The highest BCUT2D eigenvalue weighted by Gasteiger charge is 2.25. The van der Waals surface area contributed by atoms with Crippen LogP contribution in [0.4, 0.5) is 0 Å². The van der Waals surface area contributed by atoms with Crippen LogP contribution in [0.15, 0.2) is 48.7 Å². The summed E-state index contributed by atoms with van der Waals surface area (Å²) in [7, 11) is 0. The van der Waals surface area contributed by atoms with Crippen molar-refractivity contribution in [3.8, 4) is 16.9 Å². The second-order valence-corrected chi connectivity index (χ2v) is 7.85. The van der Waals surface area contributed by atoms with Gasteiger partial charge in [0.1, 0.15) is 5.75 Å². The summed E-state index contributed by atoms with van der Waals surface area (Å²) in [5, 5.41) is 18.4. The molecular formula is C22H24ClN3O. The standard InChI is InChI=1S/C22H24ClN3O/c1-15-4-6-16(7-5-15)20-12-24-25-22(20)17-3-2-10-26(13-17)14-18-11-19(23)8-9-21(18)27/h4-9,11-12,17,27H,2-3,10,13-14H2,1H3,(H,24,25)/t17-/m1/s1. The molecule has 3 aromatic rings. The Bertz CT molecular complexity index is 920. The lowest BCUT2D eigenvalue weighted by Crippen LogP contribution is -2.34. The van der Waals surface area contributed by atoms with E-state index in [0.717, 1.165) is 31.5 Å². The van der Waals surface area contributed by atoms with Crippen LogP contribution in [0.1, 0.15) is 35.6 Å². The van der Waals surface area contributed by atoms with Gasteiger partial charge < -0.3 is 5.11 Å². The third-order valence-corrected chi connectivity index (χ3v) is 5.62. The number of H-pyrrole nitrogens is 1. The molecule has 1 saturated heterocycles. The number of aryl methyl sites for hydroxylation is 1. The molecular weight excluding hydrogens is 358 g/mol. The average molecular weight is 382 g/mol. The van der Waals surface area contributed by atoms with Crippen LogP contribution >= 0.6 is 11.6 Å². The fourth-order valence-corrected chi connectivity index (χ4v) is 4.12. The molecule has 2 heterocycles. The molecule has 1 atom stereocenters. The number of aromatic hydroxyl groups is 1. The Morgan fingerprint density at radius 1 is 1.22 bits per heavy atom. The van der Waals surface area contributed by atoms with Gasteiger partial charge in [-0.2, -0.15) is 5.10 Å². The quantitative estimate of drug-likeness (QED) is 0.659. The summed E-state index contributed by atoms with van der Waals surface area (Å²) < 4.78 is 0. The van der Waals surface area contributed by atoms with E-state index in [1.54, 1.807) is 12.1 Å². The Morgan fingerprint density at radius 2 is 2.04 bits per heavy atom. The average Bonchev–Trinajstić information content (AvgIpc) is 3.15. The number of phenols is 1. The summed E-state index contributed by atoms with van der Waals surface area (Å²) in [4.78, 5) is 2.39. The lowest BCUT2D eigenvalue weighted by molar-refractivity contribution is 0.197. The highest BCUT2D eigenvalue weighted by Crippen LogP contribution is 2.34. The summed E-state index contributed by atoms with van der Waals surface area (Å²) >= 11 is 6.10. The SMILES string of the molecule is Cc1ccc(-c2cn[nH]c2[C@@H]2CCCN(Cc3cc(Cl)ccc3O)C2)cc1. The van der Waals surface area contributed by atoms with Crippen LogP contribution in [0.5, 0.6) is 5.75 Å². The molecule has 1 aliphatic heterocycles. The van der Waals surface area contributed by atoms with Crippen molar-refractivity contribution in [1.29, 1.82) is 0 Å². The topological polar surface area (TPSA) is 52.2 Å². The zero-order valence-corrected chi connectivity index (χ0v) is 16.2. The third kappa shape index (κ3) is 4.02. The van der Waals surface area contributed by atoms with E-state index in [2.05, 4.69) is 46.3 Å². The Hall–Kier alpha value is -2.30. The van der Waals surface area contributed by atoms with Crippen LogP contribution in [-0.2, 0) is 6.54 Å². The van der Waals surface area contributed by atoms with Crippen molar-refractivity contribution in [2.24, 2.45) is 0 Å². The zero-order chi connectivity index (χ0) is 18.8. The van der Waals surface area contributed by atoms with Crippen molar-refractivity contribution >= 4 is 11.6 Å². The van der Waals surface area contributed by atoms with E-state index in [1.165, 1.54) is 22.4 Å². The number of nitrogens with zero attached hydrogens (tertiary/aromatic N) is 2. The number of benzene rings is 2. The molecule has 0 aliphatic carbocycles. The van der Waals surface area contributed by atoms with Crippen molar-refractivity contribution in [3.63, 3.8) is 0 Å². The van der Waals surface area contributed by atoms with Gasteiger partial charge in [0.15, 0.2) is 0 Å². The monoisotopic (exact) mass is 381 g/mol. The van der Waals surface area contributed by atoms with E-state index >= 15 is 0 Å². The van der Waals surface area contributed by atoms with Crippen LogP contribution in [-0.4, -0.2) is 33.3 Å². The summed E-state index contributed by atoms with van der Waals surface area (Å²) in [6, 6.07) is 13.8. The van der Waals surface area contributed by atoms with Gasteiger partial charge in [0.25, 0.3) is 0 Å². The molecule has 1 aliphatic rings. The zero-order valence-electron chi connectivity index (χ0n) is 15.5. The Morgan fingerprint density at radius 3 is 2.85 bits per heavy atom. The first-order valence-electron chi connectivity index (χ1n) is 9.40. The number of piperidine rings is 1. The number of hydrogen-bond acceptors (Lipinski definition) is 3. The minimum atomic E-state index is 0.309. The first-order valence-corrected chi connectivity index (χ1v) is 9.78. The second-order valence-electron chi connectivity index (χ2n) is 7.41. The van der Waals surface area contributed by atoms with Gasteiger partial charge in [-0.1, -0.05) is 41.4 Å². The van der Waals surface area contributed by atoms with Gasteiger partial charge in [0, 0.05) is 40.9 Å².